The smallest absolute Gasteiger partial charge is 0.253 e. The Morgan fingerprint density at radius 3 is 2.72 bits per heavy atom. The van der Waals surface area contributed by atoms with Crippen LogP contribution in [0, 0.1) is 11.7 Å². The maximum atomic E-state index is 14.8. The number of hydrogen-bond acceptors (Lipinski definition) is 7. The summed E-state index contributed by atoms with van der Waals surface area (Å²) in [5.41, 5.74) is 4.85. The summed E-state index contributed by atoms with van der Waals surface area (Å²) in [6.45, 7) is 2.04. The molecule has 2 unspecified atom stereocenters. The molecule has 2 atom stereocenters. The molecule has 192 valence electrons. The normalized spacial score (nSPS) is 18.3. The first-order valence-electron chi connectivity index (χ1n) is 11.9. The van der Waals surface area contributed by atoms with Crippen molar-refractivity contribution in [2.45, 2.75) is 12.3 Å². The molecule has 36 heavy (non-hydrogen) atoms. The molecule has 0 aromatic heterocycles. The van der Waals surface area contributed by atoms with Gasteiger partial charge >= 0.3 is 0 Å². The molecule has 9 nitrogen and oxygen atoms in total. The minimum absolute atomic E-state index is 0.0889. The molecule has 2 aromatic carbocycles. The molecule has 0 saturated heterocycles. The van der Waals surface area contributed by atoms with Gasteiger partial charge in [0.05, 0.1) is 18.7 Å². The highest BCUT2D eigenvalue weighted by atomic mass is 19.1. The molecule has 10 heteroatoms. The Hall–Kier alpha value is -3.66. The molecule has 2 aliphatic rings. The van der Waals surface area contributed by atoms with Gasteiger partial charge in [-0.05, 0) is 50.3 Å². The molecule has 0 bridgehead atoms. The summed E-state index contributed by atoms with van der Waals surface area (Å²) in [5, 5.41) is 6.73. The van der Waals surface area contributed by atoms with Crippen molar-refractivity contribution in [3.8, 4) is 11.5 Å². The fraction of sp³-hybridized carbons (Fsp3) is 0.423. The van der Waals surface area contributed by atoms with Crippen molar-refractivity contribution in [2.24, 2.45) is 11.0 Å². The minimum Gasteiger partial charge on any atom is -0.495 e. The van der Waals surface area contributed by atoms with E-state index in [1.165, 1.54) is 13.2 Å². The van der Waals surface area contributed by atoms with Crippen LogP contribution in [0.15, 0.2) is 35.4 Å². The Morgan fingerprint density at radius 2 is 2.03 bits per heavy atom. The lowest BCUT2D eigenvalue weighted by molar-refractivity contribution is -0.121. The number of likely N-dealkylation sites (N-methyl/N-ethyl adjacent to an activating group) is 2. The Balaban J connectivity index is 1.46. The second-order valence-electron chi connectivity index (χ2n) is 9.37. The highest BCUT2D eigenvalue weighted by Gasteiger charge is 2.28. The van der Waals surface area contributed by atoms with Crippen LogP contribution in [0.2, 0.25) is 0 Å². The maximum Gasteiger partial charge on any atom is 0.253 e. The summed E-state index contributed by atoms with van der Waals surface area (Å²) >= 11 is 0. The van der Waals surface area contributed by atoms with Crippen molar-refractivity contribution in [3.05, 3.63) is 52.8 Å². The Labute approximate surface area is 210 Å². The summed E-state index contributed by atoms with van der Waals surface area (Å²) in [6.07, 6.45) is 2.04. The molecule has 2 amide bonds. The highest BCUT2D eigenvalue weighted by molar-refractivity contribution is 5.96. The van der Waals surface area contributed by atoms with E-state index in [0.717, 1.165) is 12.1 Å². The Morgan fingerprint density at radius 1 is 1.22 bits per heavy atom. The number of fused-ring (bicyclic) bond motifs is 1. The first-order chi connectivity index (χ1) is 17.3. The zero-order valence-electron chi connectivity index (χ0n) is 21.0. The molecule has 2 N–H and O–H groups in total. The van der Waals surface area contributed by atoms with Crippen LogP contribution >= 0.6 is 0 Å². The zero-order chi connectivity index (χ0) is 25.8. The van der Waals surface area contributed by atoms with E-state index in [1.54, 1.807) is 42.4 Å². The summed E-state index contributed by atoms with van der Waals surface area (Å²) in [4.78, 5) is 29.6. The van der Waals surface area contributed by atoms with Crippen LogP contribution < -0.4 is 20.2 Å². The summed E-state index contributed by atoms with van der Waals surface area (Å²) in [6, 6.07) is 8.17. The van der Waals surface area contributed by atoms with Gasteiger partial charge in [-0.1, -0.05) is 0 Å². The van der Waals surface area contributed by atoms with Gasteiger partial charge < -0.3 is 30.0 Å². The fourth-order valence-corrected chi connectivity index (χ4v) is 4.26. The number of nitrogens with one attached hydrogen (secondary N) is 2. The topological polar surface area (TPSA) is 95.5 Å². The predicted molar refractivity (Wildman–Crippen MR) is 135 cm³/mol. The van der Waals surface area contributed by atoms with Gasteiger partial charge in [0.25, 0.3) is 5.91 Å². The molecule has 4 rings (SSSR count). The van der Waals surface area contributed by atoms with Gasteiger partial charge in [-0.15, -0.1) is 0 Å². The van der Waals surface area contributed by atoms with Gasteiger partial charge in [-0.3, -0.25) is 9.59 Å². The van der Waals surface area contributed by atoms with Crippen LogP contribution in [0.1, 0.15) is 27.4 Å². The van der Waals surface area contributed by atoms with Crippen LogP contribution in [-0.2, 0) is 11.2 Å². The SMILES string of the molecule is COc1cc(C2C=NNC2)c(F)cc1NC(=O)C1COc2ccc(C(=O)N(C)CCN(C)C)cc2C1. The predicted octanol–water partition coefficient (Wildman–Crippen LogP) is 2.33. The van der Waals surface area contributed by atoms with Crippen molar-refractivity contribution in [1.82, 2.24) is 15.2 Å². The number of benzene rings is 2. The number of carbonyl (C=O) groups excluding carboxylic acids is 2. The van der Waals surface area contributed by atoms with Crippen LogP contribution in [-0.4, -0.2) is 82.3 Å². The molecule has 2 aliphatic heterocycles. The average molecular weight is 498 g/mol. The number of rotatable bonds is 8. The number of methoxy groups -OCH3 is 1. The van der Waals surface area contributed by atoms with Gasteiger partial charge in [0.2, 0.25) is 5.91 Å². The monoisotopic (exact) mass is 497 g/mol. The number of hydrogen-bond donors (Lipinski definition) is 2. The fourth-order valence-electron chi connectivity index (χ4n) is 4.26. The highest BCUT2D eigenvalue weighted by Crippen LogP contribution is 2.33. The molecule has 2 heterocycles. The zero-order valence-corrected chi connectivity index (χ0v) is 21.0. The van der Waals surface area contributed by atoms with Crippen molar-refractivity contribution >= 4 is 23.7 Å². The molecule has 0 aliphatic carbocycles. The summed E-state index contributed by atoms with van der Waals surface area (Å²) < 4.78 is 26.1. The molecule has 0 saturated carbocycles. The second kappa shape index (κ2) is 10.9. The maximum absolute atomic E-state index is 14.8. The first-order valence-corrected chi connectivity index (χ1v) is 11.9. The van der Waals surface area contributed by atoms with Gasteiger partial charge in [-0.25, -0.2) is 4.39 Å². The van der Waals surface area contributed by atoms with E-state index >= 15 is 0 Å². The van der Waals surface area contributed by atoms with E-state index in [-0.39, 0.29) is 30.0 Å². The lowest BCUT2D eigenvalue weighted by atomic mass is 9.94. The van der Waals surface area contributed by atoms with E-state index < -0.39 is 11.7 Å². The van der Waals surface area contributed by atoms with Crippen molar-refractivity contribution in [1.29, 1.82) is 0 Å². The van der Waals surface area contributed by atoms with E-state index in [2.05, 4.69) is 15.8 Å². The van der Waals surface area contributed by atoms with E-state index in [9.17, 15) is 14.0 Å². The lowest BCUT2D eigenvalue weighted by Crippen LogP contribution is -2.34. The third-order valence-corrected chi connectivity index (χ3v) is 6.45. The first kappa shape index (κ1) is 25.4. The van der Waals surface area contributed by atoms with Crippen LogP contribution in [0.4, 0.5) is 10.1 Å². The van der Waals surface area contributed by atoms with Crippen LogP contribution in [0.3, 0.4) is 0 Å². The van der Waals surface area contributed by atoms with Crippen LogP contribution in [0.25, 0.3) is 0 Å². The van der Waals surface area contributed by atoms with E-state index in [1.807, 2.05) is 19.0 Å². The molecule has 0 radical (unpaired) electrons. The van der Waals surface area contributed by atoms with Gasteiger partial charge in [0.15, 0.2) is 0 Å². The standard InChI is InChI=1S/C26H32FN5O4/c1-31(2)7-8-32(3)26(34)16-5-6-23-17(9-16)10-18(15-36-23)25(33)30-22-12-21(27)20(11-24(22)35-4)19-13-28-29-14-19/h5-6,9,11-13,18-19,29H,7-8,10,14-15H2,1-4H3,(H,30,33). The van der Waals surface area contributed by atoms with Gasteiger partial charge in [0.1, 0.15) is 23.9 Å². The quantitative estimate of drug-likeness (QED) is 0.581. The number of anilines is 1. The molecule has 2 aromatic rings. The van der Waals surface area contributed by atoms with Gasteiger partial charge in [-0.2, -0.15) is 5.10 Å². The second-order valence-corrected chi connectivity index (χ2v) is 9.37. The number of halogens is 1. The van der Waals surface area contributed by atoms with Crippen LogP contribution in [0.5, 0.6) is 11.5 Å². The minimum atomic E-state index is -0.507. The molecular weight excluding hydrogens is 465 g/mol. The van der Waals surface area contributed by atoms with E-state index in [0.29, 0.717) is 42.1 Å². The van der Waals surface area contributed by atoms with E-state index in [4.69, 9.17) is 9.47 Å². The lowest BCUT2D eigenvalue weighted by Gasteiger charge is -2.26. The van der Waals surface area contributed by atoms with Gasteiger partial charge in [0, 0.05) is 56.0 Å². The number of nitrogens with zero attached hydrogens (tertiary/aromatic N) is 3. The summed E-state index contributed by atoms with van der Waals surface area (Å²) in [7, 11) is 7.16. The van der Waals surface area contributed by atoms with Crippen molar-refractivity contribution in [3.63, 3.8) is 0 Å². The number of amides is 2. The van der Waals surface area contributed by atoms with Crippen molar-refractivity contribution in [2.75, 3.05) is 59.8 Å². The molecule has 0 fully saturated rings. The Kier molecular flexibility index (Phi) is 7.73. The molecule has 0 spiro atoms. The average Bonchev–Trinajstić information content (AvgIpc) is 3.41. The number of hydrazone groups is 1. The molecular formula is C26H32FN5O4. The number of ether oxygens (including phenoxy) is 2. The third-order valence-electron chi connectivity index (χ3n) is 6.45. The Bertz CT molecular complexity index is 1170. The number of carbonyl (C=O) groups is 2. The van der Waals surface area contributed by atoms with Crippen molar-refractivity contribution < 1.29 is 23.5 Å². The summed E-state index contributed by atoms with van der Waals surface area (Å²) in [5.74, 6) is -0.530. The third kappa shape index (κ3) is 5.59. The largest absolute Gasteiger partial charge is 0.495 e.